The Morgan fingerprint density at radius 3 is 0.812 bits per heavy atom. The minimum Gasteiger partial charge on any atom is -0.394 e. The summed E-state index contributed by atoms with van der Waals surface area (Å²) in [5.74, 6) is 0. The molecule has 3 N–H and O–H groups in total. The maximum atomic E-state index is 7.94. The maximum Gasteiger partial charge on any atom is 0.0693 e. The van der Waals surface area contributed by atoms with Gasteiger partial charge in [-0.2, -0.15) is 0 Å². The predicted octanol–water partition coefficient (Wildman–Crippen LogP) is -1.13. The number of aliphatic hydroxyl groups is 3. The second kappa shape index (κ2) is 36.1. The molecule has 16 heavy (non-hydrogen) atoms. The van der Waals surface area contributed by atoms with E-state index in [1.54, 1.807) is 21.3 Å². The first kappa shape index (κ1) is 25.4. The van der Waals surface area contributed by atoms with Gasteiger partial charge in [0.15, 0.2) is 0 Å². The summed E-state index contributed by atoms with van der Waals surface area (Å²) < 4.78 is 13.3. The van der Waals surface area contributed by atoms with Gasteiger partial charge in [-0.05, 0) is 0 Å². The molecule has 0 heterocycles. The molecule has 0 fully saturated rings. The van der Waals surface area contributed by atoms with E-state index in [9.17, 15) is 0 Å². The van der Waals surface area contributed by atoms with Crippen molar-refractivity contribution in [1.82, 2.24) is 0 Å². The smallest absolute Gasteiger partial charge is 0.0693 e. The van der Waals surface area contributed by atoms with Gasteiger partial charge >= 0.3 is 0 Å². The molecule has 0 radical (unpaired) electrons. The summed E-state index contributed by atoms with van der Waals surface area (Å²) in [5, 5.41) is 23.8. The van der Waals surface area contributed by atoms with Crippen LogP contribution in [0.5, 0.6) is 0 Å². The molecule has 0 aromatic rings. The monoisotopic (exact) mass is 276 g/mol. The topological polar surface area (TPSA) is 88.4 Å². The quantitative estimate of drug-likeness (QED) is 0.532. The van der Waals surface area contributed by atoms with Gasteiger partial charge < -0.3 is 29.5 Å². The van der Waals surface area contributed by atoms with Crippen molar-refractivity contribution < 1.29 is 51.2 Å². The van der Waals surface area contributed by atoms with Crippen LogP contribution in [0.4, 0.5) is 0 Å². The van der Waals surface area contributed by atoms with E-state index in [4.69, 9.17) is 15.3 Å². The van der Waals surface area contributed by atoms with Crippen LogP contribution < -0.4 is 0 Å². The zero-order valence-electron chi connectivity index (χ0n) is 10.3. The summed E-state index contributed by atoms with van der Waals surface area (Å²) in [6, 6.07) is 0. The Hall–Kier alpha value is 0.474. The van der Waals surface area contributed by atoms with Gasteiger partial charge in [0.25, 0.3) is 0 Å². The number of methoxy groups -OCH3 is 3. The fraction of sp³-hybridized carbons (Fsp3) is 1.00. The molecule has 0 aliphatic rings. The van der Waals surface area contributed by atoms with Crippen molar-refractivity contribution in [2.75, 3.05) is 61.0 Å². The molecule has 0 spiro atoms. The van der Waals surface area contributed by atoms with Gasteiger partial charge in [0.1, 0.15) is 0 Å². The number of rotatable bonds is 6. The van der Waals surface area contributed by atoms with E-state index in [0.29, 0.717) is 19.8 Å². The third kappa shape index (κ3) is 62.7. The Kier molecular flexibility index (Phi) is 57.2. The predicted molar refractivity (Wildman–Crippen MR) is 56.9 cm³/mol. The Morgan fingerprint density at radius 2 is 0.812 bits per heavy atom. The van der Waals surface area contributed by atoms with Crippen molar-refractivity contribution in [3.8, 4) is 0 Å². The molecule has 0 aliphatic heterocycles. The van der Waals surface area contributed by atoms with Crippen LogP contribution >= 0.6 is 0 Å². The molecule has 0 saturated carbocycles. The molecule has 100 valence electrons. The molecule has 0 amide bonds. The summed E-state index contributed by atoms with van der Waals surface area (Å²) in [7, 11) is 4.66. The van der Waals surface area contributed by atoms with Crippen molar-refractivity contribution in [3.63, 3.8) is 0 Å². The van der Waals surface area contributed by atoms with Crippen LogP contribution in [0, 0.1) is 0 Å². The standard InChI is InChI=1S/3C3H8O2.Ti/c3*1-5-3-2-4;/h3*4H,2-3H2,1H3;. The van der Waals surface area contributed by atoms with E-state index in [1.165, 1.54) is 0 Å². The second-order valence-electron chi connectivity index (χ2n) is 2.15. The molecule has 0 rings (SSSR count). The first-order valence-electron chi connectivity index (χ1n) is 4.54. The van der Waals surface area contributed by atoms with E-state index in [-0.39, 0.29) is 41.5 Å². The maximum absolute atomic E-state index is 7.94. The third-order valence-electron chi connectivity index (χ3n) is 0.886. The number of aliphatic hydroxyl groups excluding tert-OH is 3. The zero-order chi connectivity index (χ0) is 12.4. The molecule has 7 heteroatoms. The van der Waals surface area contributed by atoms with E-state index < -0.39 is 0 Å². The molecule has 0 saturated heterocycles. The van der Waals surface area contributed by atoms with Gasteiger partial charge in [-0.1, -0.05) is 0 Å². The van der Waals surface area contributed by atoms with Crippen molar-refractivity contribution in [2.45, 2.75) is 0 Å². The minimum absolute atomic E-state index is 0. The summed E-state index contributed by atoms with van der Waals surface area (Å²) in [5.41, 5.74) is 0. The third-order valence-corrected chi connectivity index (χ3v) is 0.886. The Labute approximate surface area is 112 Å². The first-order valence-corrected chi connectivity index (χ1v) is 4.54. The molecule has 0 aromatic carbocycles. The van der Waals surface area contributed by atoms with E-state index >= 15 is 0 Å². The van der Waals surface area contributed by atoms with Gasteiger partial charge in [-0.25, -0.2) is 0 Å². The first-order chi connectivity index (χ1) is 7.24. The van der Waals surface area contributed by atoms with Gasteiger partial charge in [-0.15, -0.1) is 0 Å². The molecule has 0 aliphatic carbocycles. The van der Waals surface area contributed by atoms with Crippen LogP contribution in [0.2, 0.25) is 0 Å². The molecule has 0 unspecified atom stereocenters. The average Bonchev–Trinajstić information content (AvgIpc) is 2.23. The van der Waals surface area contributed by atoms with Crippen molar-refractivity contribution >= 4 is 0 Å². The summed E-state index contributed by atoms with van der Waals surface area (Å²) in [6.45, 7) is 1.70. The minimum atomic E-state index is 0. The number of ether oxygens (including phenoxy) is 3. The van der Waals surface area contributed by atoms with Gasteiger partial charge in [-0.3, -0.25) is 0 Å². The van der Waals surface area contributed by atoms with E-state index in [1.807, 2.05) is 0 Å². The Balaban J connectivity index is -0.0000000655. The molecular weight excluding hydrogens is 252 g/mol. The van der Waals surface area contributed by atoms with Crippen molar-refractivity contribution in [2.24, 2.45) is 0 Å². The molecule has 6 nitrogen and oxygen atoms in total. The normalized spacial score (nSPS) is 7.88. The Bertz CT molecular complexity index is 56.8. The van der Waals surface area contributed by atoms with E-state index in [0.717, 1.165) is 0 Å². The molecule has 0 bridgehead atoms. The van der Waals surface area contributed by atoms with Crippen LogP contribution in [0.3, 0.4) is 0 Å². The van der Waals surface area contributed by atoms with Crippen LogP contribution in [0.1, 0.15) is 0 Å². The number of hydrogen-bond acceptors (Lipinski definition) is 6. The second-order valence-corrected chi connectivity index (χ2v) is 2.15. The van der Waals surface area contributed by atoms with E-state index in [2.05, 4.69) is 14.2 Å². The summed E-state index contributed by atoms with van der Waals surface area (Å²) in [4.78, 5) is 0. The summed E-state index contributed by atoms with van der Waals surface area (Å²) >= 11 is 0. The largest absolute Gasteiger partial charge is 0.394 e. The van der Waals surface area contributed by atoms with Gasteiger partial charge in [0.2, 0.25) is 0 Å². The molecule has 0 aromatic heterocycles. The van der Waals surface area contributed by atoms with Crippen molar-refractivity contribution in [3.05, 3.63) is 0 Å². The van der Waals surface area contributed by atoms with Crippen LogP contribution in [0.25, 0.3) is 0 Å². The van der Waals surface area contributed by atoms with Crippen molar-refractivity contribution in [1.29, 1.82) is 0 Å². The summed E-state index contributed by atoms with van der Waals surface area (Å²) in [6.07, 6.45) is 0. The molecular formula is C9H24O6Ti. The fourth-order valence-corrected chi connectivity index (χ4v) is 0.274. The van der Waals surface area contributed by atoms with Gasteiger partial charge in [0.05, 0.1) is 39.6 Å². The SMILES string of the molecule is COCCO.COCCO.COCCO.[Ti]. The average molecular weight is 276 g/mol. The zero-order valence-corrected chi connectivity index (χ0v) is 11.9. The molecule has 0 atom stereocenters. The Morgan fingerprint density at radius 1 is 0.625 bits per heavy atom. The van der Waals surface area contributed by atoms with Crippen LogP contribution in [-0.2, 0) is 35.9 Å². The van der Waals surface area contributed by atoms with Crippen LogP contribution in [-0.4, -0.2) is 76.3 Å². The number of hydrogen-bond donors (Lipinski definition) is 3. The van der Waals surface area contributed by atoms with Crippen LogP contribution in [0.15, 0.2) is 0 Å². The van der Waals surface area contributed by atoms with Gasteiger partial charge in [0, 0.05) is 43.0 Å². The fourth-order valence-electron chi connectivity index (χ4n) is 0.274.